The van der Waals surface area contributed by atoms with Crippen LogP contribution in [0.5, 0.6) is 0 Å². The number of unbranched alkanes of at least 4 members (excludes halogenated alkanes) is 8. The quantitative estimate of drug-likeness (QED) is 0.172. The summed E-state index contributed by atoms with van der Waals surface area (Å²) < 4.78 is 4.73. The van der Waals surface area contributed by atoms with Crippen LogP contribution in [0.3, 0.4) is 0 Å². The molecule has 1 aromatic carbocycles. The van der Waals surface area contributed by atoms with Crippen molar-refractivity contribution in [2.75, 3.05) is 0 Å². The molecule has 178 valence electrons. The summed E-state index contributed by atoms with van der Waals surface area (Å²) in [6.45, 7) is 9.21. The van der Waals surface area contributed by atoms with Gasteiger partial charge in [-0.3, -0.25) is 0 Å². The SMILES string of the molecule is CCCCCCCCC(C)c1nc2c(Br)c3sc(C(C)CCCCCC)nc3c(Br)c2s1. The van der Waals surface area contributed by atoms with Gasteiger partial charge in [0, 0.05) is 11.8 Å². The van der Waals surface area contributed by atoms with Crippen molar-refractivity contribution >= 4 is 75.0 Å². The first kappa shape index (κ1) is 26.6. The number of benzene rings is 1. The maximum Gasteiger partial charge on any atom is 0.0985 e. The molecule has 0 bridgehead atoms. The summed E-state index contributed by atoms with van der Waals surface area (Å²) in [7, 11) is 0. The summed E-state index contributed by atoms with van der Waals surface area (Å²) in [6, 6.07) is 0. The van der Waals surface area contributed by atoms with Crippen molar-refractivity contribution in [3.8, 4) is 0 Å². The molecule has 0 aliphatic rings. The monoisotopic (exact) mass is 600 g/mol. The van der Waals surface area contributed by atoms with Crippen molar-refractivity contribution in [3.05, 3.63) is 19.0 Å². The van der Waals surface area contributed by atoms with E-state index >= 15 is 0 Å². The van der Waals surface area contributed by atoms with Crippen LogP contribution in [0.25, 0.3) is 20.4 Å². The zero-order valence-electron chi connectivity index (χ0n) is 20.1. The Morgan fingerprint density at radius 2 is 1.00 bits per heavy atom. The van der Waals surface area contributed by atoms with E-state index in [0.29, 0.717) is 11.8 Å². The van der Waals surface area contributed by atoms with Gasteiger partial charge in [-0.1, -0.05) is 91.9 Å². The highest BCUT2D eigenvalue weighted by Crippen LogP contribution is 2.46. The van der Waals surface area contributed by atoms with E-state index < -0.39 is 0 Å². The highest BCUT2D eigenvalue weighted by atomic mass is 79.9. The molecule has 6 heteroatoms. The summed E-state index contributed by atoms with van der Waals surface area (Å²) >= 11 is 11.5. The molecule has 0 aliphatic carbocycles. The molecule has 0 amide bonds. The summed E-state index contributed by atoms with van der Waals surface area (Å²) in [5, 5.41) is 2.52. The second-order valence-electron chi connectivity index (χ2n) is 9.30. The normalized spacial score (nSPS) is 13.9. The van der Waals surface area contributed by atoms with Crippen LogP contribution in [0, 0.1) is 0 Å². The zero-order chi connectivity index (χ0) is 23.1. The molecular formula is C26H38Br2N2S2. The molecule has 0 saturated heterocycles. The first-order valence-electron chi connectivity index (χ1n) is 12.6. The molecule has 32 heavy (non-hydrogen) atoms. The standard InChI is InChI=1S/C26H38Br2N2S2/c1-5-7-9-11-12-14-16-18(4)26-30-22-20(28)23-21(19(27)24(22)32-26)29-25(31-23)17(3)15-13-10-8-6-2/h17-18H,5-16H2,1-4H3. The van der Waals surface area contributed by atoms with Crippen LogP contribution in [-0.2, 0) is 0 Å². The smallest absolute Gasteiger partial charge is 0.0985 e. The Morgan fingerprint density at radius 3 is 1.44 bits per heavy atom. The number of aromatic nitrogens is 2. The number of fused-ring (bicyclic) bond motifs is 2. The van der Waals surface area contributed by atoms with E-state index in [-0.39, 0.29) is 0 Å². The summed E-state index contributed by atoms with van der Waals surface area (Å²) in [4.78, 5) is 10.2. The zero-order valence-corrected chi connectivity index (χ0v) is 24.9. The van der Waals surface area contributed by atoms with Gasteiger partial charge in [0.2, 0.25) is 0 Å². The maximum atomic E-state index is 5.10. The second kappa shape index (κ2) is 13.2. The lowest BCUT2D eigenvalue weighted by Gasteiger charge is -2.07. The number of rotatable bonds is 14. The van der Waals surface area contributed by atoms with Crippen molar-refractivity contribution in [2.45, 2.75) is 117 Å². The van der Waals surface area contributed by atoms with Crippen LogP contribution in [0.2, 0.25) is 0 Å². The third-order valence-corrected chi connectivity index (χ3v) is 11.1. The Balaban J connectivity index is 1.74. The minimum absolute atomic E-state index is 0.516. The minimum atomic E-state index is 0.516. The highest BCUT2D eigenvalue weighted by Gasteiger charge is 2.22. The number of thiazole rings is 2. The molecule has 2 atom stereocenters. The number of nitrogens with zero attached hydrogens (tertiary/aromatic N) is 2. The second-order valence-corrected chi connectivity index (χ2v) is 12.9. The molecule has 2 nitrogen and oxygen atoms in total. The predicted octanol–water partition coefficient (Wildman–Crippen LogP) is 11.4. The molecule has 3 rings (SSSR count). The van der Waals surface area contributed by atoms with Gasteiger partial charge in [0.15, 0.2) is 0 Å². The van der Waals surface area contributed by atoms with Crippen LogP contribution < -0.4 is 0 Å². The molecular weight excluding hydrogens is 564 g/mol. The van der Waals surface area contributed by atoms with Gasteiger partial charge in [-0.05, 0) is 44.7 Å². The molecule has 0 saturated carbocycles. The Hall–Kier alpha value is -0.0400. The average molecular weight is 603 g/mol. The van der Waals surface area contributed by atoms with E-state index in [9.17, 15) is 0 Å². The molecule has 0 aliphatic heterocycles. The Morgan fingerprint density at radius 1 is 0.625 bits per heavy atom. The van der Waals surface area contributed by atoms with Gasteiger partial charge < -0.3 is 0 Å². The van der Waals surface area contributed by atoms with E-state index in [1.165, 1.54) is 96.5 Å². The highest BCUT2D eigenvalue weighted by molar-refractivity contribution is 9.11. The number of hydrogen-bond donors (Lipinski definition) is 0. The van der Waals surface area contributed by atoms with Crippen molar-refractivity contribution in [3.63, 3.8) is 0 Å². The van der Waals surface area contributed by atoms with Crippen LogP contribution in [0.4, 0.5) is 0 Å². The molecule has 2 unspecified atom stereocenters. The van der Waals surface area contributed by atoms with Crippen LogP contribution in [-0.4, -0.2) is 9.97 Å². The Labute approximate surface area is 219 Å². The van der Waals surface area contributed by atoms with Gasteiger partial charge in [-0.2, -0.15) is 0 Å². The van der Waals surface area contributed by atoms with Gasteiger partial charge >= 0.3 is 0 Å². The molecule has 0 fully saturated rings. The first-order valence-corrected chi connectivity index (χ1v) is 15.8. The topological polar surface area (TPSA) is 25.8 Å². The Bertz CT molecular complexity index is 938. The molecule has 0 radical (unpaired) electrons. The van der Waals surface area contributed by atoms with Gasteiger partial charge in [0.05, 0.1) is 39.4 Å². The van der Waals surface area contributed by atoms with Gasteiger partial charge in [0.25, 0.3) is 0 Å². The van der Waals surface area contributed by atoms with Crippen molar-refractivity contribution in [1.29, 1.82) is 0 Å². The van der Waals surface area contributed by atoms with E-state index in [1.54, 1.807) is 0 Å². The lowest BCUT2D eigenvalue weighted by atomic mass is 10.0. The van der Waals surface area contributed by atoms with Crippen LogP contribution in [0.1, 0.15) is 127 Å². The fourth-order valence-electron chi connectivity index (χ4n) is 4.26. The van der Waals surface area contributed by atoms with Crippen LogP contribution >= 0.6 is 54.5 Å². The van der Waals surface area contributed by atoms with E-state index in [0.717, 1.165) is 20.0 Å². The number of hydrogen-bond acceptors (Lipinski definition) is 4. The molecule has 2 aromatic heterocycles. The third-order valence-electron chi connectivity index (χ3n) is 6.43. The van der Waals surface area contributed by atoms with Gasteiger partial charge in [-0.15, -0.1) is 22.7 Å². The van der Waals surface area contributed by atoms with E-state index in [2.05, 4.69) is 59.6 Å². The number of halogens is 2. The summed E-state index contributed by atoms with van der Waals surface area (Å²) in [6.07, 6.45) is 15.8. The lowest BCUT2D eigenvalue weighted by molar-refractivity contribution is 0.556. The van der Waals surface area contributed by atoms with Gasteiger partial charge in [0.1, 0.15) is 0 Å². The lowest BCUT2D eigenvalue weighted by Crippen LogP contribution is -1.93. The third kappa shape index (κ3) is 6.55. The Kier molecular flexibility index (Phi) is 10.9. The maximum absolute atomic E-state index is 5.10. The van der Waals surface area contributed by atoms with Gasteiger partial charge in [-0.25, -0.2) is 9.97 Å². The largest absolute Gasteiger partial charge is 0.240 e. The fourth-order valence-corrected chi connectivity index (χ4v) is 8.15. The fraction of sp³-hybridized carbons (Fsp3) is 0.692. The van der Waals surface area contributed by atoms with E-state index in [4.69, 9.17) is 9.97 Å². The summed E-state index contributed by atoms with van der Waals surface area (Å²) in [5.41, 5.74) is 2.20. The molecule has 2 heterocycles. The minimum Gasteiger partial charge on any atom is -0.240 e. The average Bonchev–Trinajstić information content (AvgIpc) is 3.43. The van der Waals surface area contributed by atoms with Crippen molar-refractivity contribution in [1.82, 2.24) is 9.97 Å². The molecule has 0 N–H and O–H groups in total. The van der Waals surface area contributed by atoms with E-state index in [1.807, 2.05) is 22.7 Å². The van der Waals surface area contributed by atoms with Crippen molar-refractivity contribution in [2.24, 2.45) is 0 Å². The first-order chi connectivity index (χ1) is 15.5. The molecule has 3 aromatic rings. The van der Waals surface area contributed by atoms with Crippen molar-refractivity contribution < 1.29 is 0 Å². The molecule has 0 spiro atoms. The summed E-state index contributed by atoms with van der Waals surface area (Å²) in [5.74, 6) is 1.03. The predicted molar refractivity (Wildman–Crippen MR) is 152 cm³/mol. The van der Waals surface area contributed by atoms with Crippen LogP contribution in [0.15, 0.2) is 8.95 Å².